The summed E-state index contributed by atoms with van der Waals surface area (Å²) in [5, 5.41) is 19.7. The number of nitrogens with zero attached hydrogens (tertiary/aromatic N) is 1. The Labute approximate surface area is 196 Å². The molecule has 2 N–H and O–H groups in total. The first-order valence-electron chi connectivity index (χ1n) is 11.5. The van der Waals surface area contributed by atoms with Gasteiger partial charge in [-0.3, -0.25) is 9.69 Å². The van der Waals surface area contributed by atoms with Crippen molar-refractivity contribution in [1.29, 1.82) is 0 Å². The number of aliphatic hydroxyl groups excluding tert-OH is 1. The van der Waals surface area contributed by atoms with Crippen molar-refractivity contribution in [3.63, 3.8) is 0 Å². The van der Waals surface area contributed by atoms with Gasteiger partial charge in [-0.15, -0.1) is 0 Å². The molecule has 4 atom stereocenters. The highest BCUT2D eigenvalue weighted by Crippen LogP contribution is 2.36. The van der Waals surface area contributed by atoms with Gasteiger partial charge in [0.25, 0.3) is 0 Å². The predicted octanol–water partition coefficient (Wildman–Crippen LogP) is 2.26. The van der Waals surface area contributed by atoms with Gasteiger partial charge >= 0.3 is 5.97 Å². The first-order chi connectivity index (χ1) is 15.8. The summed E-state index contributed by atoms with van der Waals surface area (Å²) in [6.07, 6.45) is 7.41. The van der Waals surface area contributed by atoms with Gasteiger partial charge in [0.1, 0.15) is 0 Å². The maximum absolute atomic E-state index is 11.7. The van der Waals surface area contributed by atoms with Gasteiger partial charge < -0.3 is 19.7 Å². The van der Waals surface area contributed by atoms with Gasteiger partial charge in [0.2, 0.25) is 0 Å². The van der Waals surface area contributed by atoms with Crippen LogP contribution in [0.2, 0.25) is 0 Å². The number of aliphatic carboxylic acids is 1. The lowest BCUT2D eigenvalue weighted by atomic mass is 9.94. The third kappa shape index (κ3) is 7.61. The summed E-state index contributed by atoms with van der Waals surface area (Å²) in [6, 6.07) is 6.68. The van der Waals surface area contributed by atoms with Crippen LogP contribution in [0.3, 0.4) is 0 Å². The van der Waals surface area contributed by atoms with Crippen LogP contribution in [-0.4, -0.2) is 80.3 Å². The summed E-state index contributed by atoms with van der Waals surface area (Å²) in [4.78, 5) is 13.3. The van der Waals surface area contributed by atoms with Crippen LogP contribution < -0.4 is 0 Å². The molecule has 0 spiro atoms. The summed E-state index contributed by atoms with van der Waals surface area (Å²) < 4.78 is 35.1. The van der Waals surface area contributed by atoms with Crippen molar-refractivity contribution in [2.45, 2.75) is 61.9 Å². The number of benzene rings is 1. The van der Waals surface area contributed by atoms with E-state index in [9.17, 15) is 18.3 Å². The molecular weight excluding hydrogens is 446 g/mol. The molecule has 33 heavy (non-hydrogen) atoms. The largest absolute Gasteiger partial charge is 0.481 e. The van der Waals surface area contributed by atoms with Gasteiger partial charge in [0.05, 0.1) is 36.9 Å². The number of unbranched alkanes of at least 4 members (excludes halogenated alkanes) is 1. The molecule has 4 unspecified atom stereocenters. The van der Waals surface area contributed by atoms with E-state index in [-0.39, 0.29) is 29.4 Å². The maximum Gasteiger partial charge on any atom is 0.303 e. The van der Waals surface area contributed by atoms with E-state index in [0.717, 1.165) is 25.1 Å². The number of allylic oxidation sites excluding steroid dienone is 2. The predicted molar refractivity (Wildman–Crippen MR) is 124 cm³/mol. The second kappa shape index (κ2) is 12.1. The van der Waals surface area contributed by atoms with Crippen LogP contribution >= 0.6 is 0 Å². The van der Waals surface area contributed by atoms with Crippen molar-refractivity contribution in [3.8, 4) is 0 Å². The van der Waals surface area contributed by atoms with E-state index in [2.05, 4.69) is 11.0 Å². The van der Waals surface area contributed by atoms with Gasteiger partial charge in [0, 0.05) is 44.1 Å². The van der Waals surface area contributed by atoms with Gasteiger partial charge in [-0.25, -0.2) is 8.42 Å². The van der Waals surface area contributed by atoms with Crippen LogP contribution in [0.25, 0.3) is 0 Å². The minimum atomic E-state index is -3.24. The lowest BCUT2D eigenvalue weighted by Gasteiger charge is -2.37. The fourth-order valence-electron chi connectivity index (χ4n) is 4.71. The maximum atomic E-state index is 11.7. The van der Waals surface area contributed by atoms with Crippen LogP contribution in [-0.2, 0) is 30.7 Å². The van der Waals surface area contributed by atoms with E-state index in [0.29, 0.717) is 39.1 Å². The SMILES string of the molecule is CS(=O)(=O)c1ccc(COC2CC(O)C(N3CCOCC3)C2CC=CCCCC(=O)O)cc1. The molecule has 1 aromatic rings. The van der Waals surface area contributed by atoms with Gasteiger partial charge in [-0.1, -0.05) is 24.3 Å². The Hall–Kier alpha value is -1.78. The lowest BCUT2D eigenvalue weighted by Crippen LogP contribution is -2.50. The minimum Gasteiger partial charge on any atom is -0.481 e. The molecular formula is C24H35NO7S. The summed E-state index contributed by atoms with van der Waals surface area (Å²) >= 11 is 0. The quantitative estimate of drug-likeness (QED) is 0.366. The molecule has 1 saturated carbocycles. The number of carboxylic acid groups (broad SMARTS) is 1. The van der Waals surface area contributed by atoms with Crippen molar-refractivity contribution < 1.29 is 32.9 Å². The number of ether oxygens (including phenoxy) is 2. The monoisotopic (exact) mass is 481 g/mol. The number of hydrogen-bond acceptors (Lipinski definition) is 7. The fraction of sp³-hybridized carbons (Fsp3) is 0.625. The topological polar surface area (TPSA) is 113 Å². The highest BCUT2D eigenvalue weighted by molar-refractivity contribution is 7.90. The fourth-order valence-corrected chi connectivity index (χ4v) is 5.34. The van der Waals surface area contributed by atoms with Crippen LogP contribution in [0.4, 0.5) is 0 Å². The summed E-state index contributed by atoms with van der Waals surface area (Å²) in [5.41, 5.74) is 0.884. The Kier molecular flexibility index (Phi) is 9.46. The molecule has 2 fully saturated rings. The Balaban J connectivity index is 1.64. The van der Waals surface area contributed by atoms with E-state index in [1.165, 1.54) is 6.26 Å². The zero-order valence-corrected chi connectivity index (χ0v) is 20.0. The second-order valence-electron chi connectivity index (χ2n) is 8.86. The van der Waals surface area contributed by atoms with Gasteiger partial charge in [-0.2, -0.15) is 0 Å². The van der Waals surface area contributed by atoms with E-state index in [1.54, 1.807) is 24.3 Å². The molecule has 1 aliphatic heterocycles. The van der Waals surface area contributed by atoms with Crippen LogP contribution in [0.15, 0.2) is 41.3 Å². The molecule has 184 valence electrons. The molecule has 1 aromatic carbocycles. The Morgan fingerprint density at radius 2 is 1.91 bits per heavy atom. The number of rotatable bonds is 11. The van der Waals surface area contributed by atoms with Crippen molar-refractivity contribution in [3.05, 3.63) is 42.0 Å². The van der Waals surface area contributed by atoms with Crippen molar-refractivity contribution in [2.75, 3.05) is 32.6 Å². The second-order valence-corrected chi connectivity index (χ2v) is 10.9. The summed E-state index contributed by atoms with van der Waals surface area (Å²) in [5.74, 6) is -0.683. The molecule has 8 nitrogen and oxygen atoms in total. The van der Waals surface area contributed by atoms with Gasteiger partial charge in [-0.05, 0) is 37.0 Å². The third-order valence-corrected chi connectivity index (χ3v) is 7.53. The molecule has 9 heteroatoms. The van der Waals surface area contributed by atoms with Crippen LogP contribution in [0, 0.1) is 5.92 Å². The number of carbonyl (C=O) groups is 1. The minimum absolute atomic E-state index is 0.0184. The Bertz CT molecular complexity index is 894. The smallest absolute Gasteiger partial charge is 0.303 e. The normalized spacial score (nSPS) is 26.7. The van der Waals surface area contributed by atoms with Crippen molar-refractivity contribution in [1.82, 2.24) is 4.90 Å². The number of hydrogen-bond donors (Lipinski definition) is 2. The van der Waals surface area contributed by atoms with Crippen molar-refractivity contribution in [2.24, 2.45) is 5.92 Å². The first kappa shape index (κ1) is 25.8. The van der Waals surface area contributed by atoms with Crippen LogP contribution in [0.1, 0.15) is 37.7 Å². The van der Waals surface area contributed by atoms with E-state index < -0.39 is 21.9 Å². The molecule has 3 rings (SSSR count). The third-order valence-electron chi connectivity index (χ3n) is 6.40. The van der Waals surface area contributed by atoms with Crippen molar-refractivity contribution >= 4 is 15.8 Å². The summed E-state index contributed by atoms with van der Waals surface area (Å²) in [7, 11) is -3.24. The molecule has 0 amide bonds. The molecule has 1 saturated heterocycles. The van der Waals surface area contributed by atoms with Crippen LogP contribution in [0.5, 0.6) is 0 Å². The molecule has 1 aliphatic carbocycles. The van der Waals surface area contributed by atoms with E-state index >= 15 is 0 Å². The zero-order chi connectivity index (χ0) is 23.8. The highest BCUT2D eigenvalue weighted by Gasteiger charge is 2.45. The molecule has 1 heterocycles. The molecule has 2 aliphatic rings. The van der Waals surface area contributed by atoms with E-state index in [1.807, 2.05) is 6.08 Å². The Morgan fingerprint density at radius 3 is 2.55 bits per heavy atom. The Morgan fingerprint density at radius 1 is 1.21 bits per heavy atom. The first-order valence-corrected chi connectivity index (χ1v) is 13.4. The molecule has 0 aromatic heterocycles. The zero-order valence-electron chi connectivity index (χ0n) is 19.1. The number of sulfone groups is 1. The van der Waals surface area contributed by atoms with Gasteiger partial charge in [0.15, 0.2) is 9.84 Å². The lowest BCUT2D eigenvalue weighted by molar-refractivity contribution is -0.137. The average Bonchev–Trinajstić information content (AvgIpc) is 3.09. The standard InChI is InChI=1S/C24H35NO7S/c1-33(29,30)19-10-8-18(9-11-19)17-32-22-16-21(26)24(25-12-14-31-15-13-25)20(22)6-4-2-3-5-7-23(27)28/h2,4,8-11,20-22,24,26H,3,5-7,12-17H2,1H3,(H,27,28). The number of carboxylic acids is 1. The number of morpholine rings is 1. The summed E-state index contributed by atoms with van der Waals surface area (Å²) in [6.45, 7) is 3.20. The number of aliphatic hydroxyl groups is 1. The highest BCUT2D eigenvalue weighted by atomic mass is 32.2. The van der Waals surface area contributed by atoms with E-state index in [4.69, 9.17) is 14.6 Å². The molecule has 0 radical (unpaired) electrons. The molecule has 0 bridgehead atoms. The average molecular weight is 482 g/mol.